The summed E-state index contributed by atoms with van der Waals surface area (Å²) in [6.07, 6.45) is -1.73. The number of carbonyl (C=O) groups excluding carboxylic acids is 1. The van der Waals surface area contributed by atoms with Crippen LogP contribution in [0.1, 0.15) is 21.8 Å². The van der Waals surface area contributed by atoms with E-state index in [1.807, 2.05) is 6.08 Å². The molecule has 0 radical (unpaired) electrons. The van der Waals surface area contributed by atoms with E-state index in [4.69, 9.17) is 4.74 Å². The van der Waals surface area contributed by atoms with Crippen LogP contribution in [0, 0.1) is 0 Å². The van der Waals surface area contributed by atoms with Crippen molar-refractivity contribution in [1.29, 1.82) is 0 Å². The molecule has 0 unspecified atom stereocenters. The zero-order chi connectivity index (χ0) is 17.3. The van der Waals surface area contributed by atoms with Crippen LogP contribution in [-0.2, 0) is 18.0 Å². The number of amides is 1. The van der Waals surface area contributed by atoms with E-state index < -0.39 is 11.9 Å². The van der Waals surface area contributed by atoms with Gasteiger partial charge in [0.2, 0.25) is 0 Å². The minimum Gasteiger partial charge on any atom is -0.496 e. The monoisotopic (exact) mass is 357 g/mol. The van der Waals surface area contributed by atoms with Gasteiger partial charge in [-0.3, -0.25) is 9.48 Å². The van der Waals surface area contributed by atoms with E-state index in [0.29, 0.717) is 22.9 Å². The first-order valence-corrected chi connectivity index (χ1v) is 7.98. The van der Waals surface area contributed by atoms with Crippen molar-refractivity contribution < 1.29 is 22.7 Å². The normalized spacial score (nSPS) is 14.4. The zero-order valence-corrected chi connectivity index (χ0v) is 13.5. The van der Waals surface area contributed by atoms with Crippen molar-refractivity contribution in [2.75, 3.05) is 13.2 Å². The number of nitrogens with zero attached hydrogens (tertiary/aromatic N) is 2. The quantitative estimate of drug-likeness (QED) is 0.914. The zero-order valence-electron chi connectivity index (χ0n) is 12.7. The van der Waals surface area contributed by atoms with Crippen LogP contribution < -0.4 is 5.32 Å². The summed E-state index contributed by atoms with van der Waals surface area (Å²) >= 11 is 1.09. The molecule has 1 N–H and O–H groups in total. The van der Waals surface area contributed by atoms with Crippen molar-refractivity contribution in [3.8, 4) is 10.6 Å². The standard InChI is InChI=1S/C15H14F3N3O2S/c1-21-13(15(16,17)18)7-10(20-21)11-4-5-12(24-11)14(22)19-8-9-3-2-6-23-9/h3-5,7H,2,6,8H2,1H3,(H,19,22). The Kier molecular flexibility index (Phi) is 4.35. The number of thiophene rings is 1. The number of aromatic nitrogens is 2. The first-order valence-electron chi connectivity index (χ1n) is 7.16. The number of aryl methyl sites for hydroxylation is 1. The maximum absolute atomic E-state index is 12.8. The number of rotatable bonds is 4. The van der Waals surface area contributed by atoms with Crippen LogP contribution in [0.5, 0.6) is 0 Å². The molecule has 3 rings (SSSR count). The smallest absolute Gasteiger partial charge is 0.433 e. The molecule has 0 bridgehead atoms. The van der Waals surface area contributed by atoms with Gasteiger partial charge in [-0.15, -0.1) is 11.3 Å². The van der Waals surface area contributed by atoms with E-state index in [1.165, 1.54) is 7.05 Å². The molecule has 0 aromatic carbocycles. The highest BCUT2D eigenvalue weighted by Gasteiger charge is 2.35. The van der Waals surface area contributed by atoms with Crippen LogP contribution in [0.4, 0.5) is 13.2 Å². The maximum atomic E-state index is 12.8. The van der Waals surface area contributed by atoms with Gasteiger partial charge in [0.1, 0.15) is 17.1 Å². The summed E-state index contributed by atoms with van der Waals surface area (Å²) in [5.41, 5.74) is -0.641. The number of hydrogen-bond donors (Lipinski definition) is 1. The Morgan fingerprint density at radius 1 is 1.46 bits per heavy atom. The molecule has 128 valence electrons. The molecule has 0 spiro atoms. The fourth-order valence-electron chi connectivity index (χ4n) is 2.30. The summed E-state index contributed by atoms with van der Waals surface area (Å²) in [5.74, 6) is 0.425. The van der Waals surface area contributed by atoms with Gasteiger partial charge in [0.05, 0.1) is 22.9 Å². The third kappa shape index (κ3) is 3.45. The van der Waals surface area contributed by atoms with Crippen LogP contribution in [-0.4, -0.2) is 28.8 Å². The minimum atomic E-state index is -4.47. The molecule has 2 aromatic heterocycles. The second-order valence-corrected chi connectivity index (χ2v) is 6.27. The molecule has 0 saturated carbocycles. The lowest BCUT2D eigenvalue weighted by atomic mass is 10.3. The van der Waals surface area contributed by atoms with Crippen molar-refractivity contribution in [2.45, 2.75) is 12.6 Å². The molecular weight excluding hydrogens is 343 g/mol. The van der Waals surface area contributed by atoms with Crippen molar-refractivity contribution in [3.05, 3.63) is 40.6 Å². The Hall–Kier alpha value is -2.29. The third-order valence-corrected chi connectivity index (χ3v) is 4.56. The second-order valence-electron chi connectivity index (χ2n) is 5.19. The summed E-state index contributed by atoms with van der Waals surface area (Å²) in [4.78, 5) is 13.0. The highest BCUT2D eigenvalue weighted by Crippen LogP contribution is 2.34. The van der Waals surface area contributed by atoms with Gasteiger partial charge in [-0.05, 0) is 24.3 Å². The van der Waals surface area contributed by atoms with Gasteiger partial charge >= 0.3 is 6.18 Å². The van der Waals surface area contributed by atoms with E-state index in [1.54, 1.807) is 12.1 Å². The highest BCUT2D eigenvalue weighted by atomic mass is 32.1. The summed E-state index contributed by atoms with van der Waals surface area (Å²) in [6.45, 7) is 0.920. The van der Waals surface area contributed by atoms with E-state index in [2.05, 4.69) is 10.4 Å². The maximum Gasteiger partial charge on any atom is 0.433 e. The van der Waals surface area contributed by atoms with E-state index >= 15 is 0 Å². The molecule has 1 amide bonds. The Bertz CT molecular complexity index is 792. The first kappa shape index (κ1) is 16.6. The molecule has 24 heavy (non-hydrogen) atoms. The van der Waals surface area contributed by atoms with Gasteiger partial charge in [-0.25, -0.2) is 0 Å². The van der Waals surface area contributed by atoms with E-state index in [0.717, 1.165) is 34.3 Å². The second kappa shape index (κ2) is 6.31. The summed E-state index contributed by atoms with van der Waals surface area (Å²) in [6, 6.07) is 4.14. The van der Waals surface area contributed by atoms with E-state index in [-0.39, 0.29) is 11.6 Å². The molecule has 5 nitrogen and oxygen atoms in total. The highest BCUT2D eigenvalue weighted by molar-refractivity contribution is 7.17. The molecule has 1 aliphatic rings. The molecular formula is C15H14F3N3O2S. The van der Waals surface area contributed by atoms with Crippen LogP contribution in [0.15, 0.2) is 30.0 Å². The Morgan fingerprint density at radius 2 is 2.25 bits per heavy atom. The molecule has 0 atom stereocenters. The van der Waals surface area contributed by atoms with Crippen LogP contribution in [0.2, 0.25) is 0 Å². The topological polar surface area (TPSA) is 56.2 Å². The van der Waals surface area contributed by atoms with E-state index in [9.17, 15) is 18.0 Å². The third-order valence-electron chi connectivity index (χ3n) is 3.45. The number of ether oxygens (including phenoxy) is 1. The average molecular weight is 357 g/mol. The average Bonchev–Trinajstić information content (AvgIpc) is 3.23. The minimum absolute atomic E-state index is 0.190. The number of hydrogen-bond acceptors (Lipinski definition) is 4. The first-order chi connectivity index (χ1) is 11.3. The molecule has 3 heterocycles. The lowest BCUT2D eigenvalue weighted by molar-refractivity contribution is -0.143. The van der Waals surface area contributed by atoms with Gasteiger partial charge in [0.25, 0.3) is 5.91 Å². The van der Waals surface area contributed by atoms with Gasteiger partial charge in [-0.1, -0.05) is 0 Å². The van der Waals surface area contributed by atoms with Crippen molar-refractivity contribution >= 4 is 17.2 Å². The molecule has 1 aliphatic heterocycles. The predicted octanol–water partition coefficient (Wildman–Crippen LogP) is 3.20. The summed E-state index contributed by atoms with van der Waals surface area (Å²) in [7, 11) is 1.24. The van der Waals surface area contributed by atoms with Crippen LogP contribution >= 0.6 is 11.3 Å². The van der Waals surface area contributed by atoms with Gasteiger partial charge in [0.15, 0.2) is 0 Å². The SMILES string of the molecule is Cn1nc(-c2ccc(C(=O)NCC3=CCCO3)s2)cc1C(F)(F)F. The summed E-state index contributed by atoms with van der Waals surface area (Å²) in [5, 5.41) is 6.59. The van der Waals surface area contributed by atoms with Gasteiger partial charge in [-0.2, -0.15) is 18.3 Å². The Balaban J connectivity index is 1.72. The number of nitrogens with one attached hydrogen (secondary N) is 1. The van der Waals surface area contributed by atoms with Gasteiger partial charge in [0, 0.05) is 13.5 Å². The van der Waals surface area contributed by atoms with Gasteiger partial charge < -0.3 is 10.1 Å². The van der Waals surface area contributed by atoms with Crippen LogP contribution in [0.3, 0.4) is 0 Å². The number of halogens is 3. The fraction of sp³-hybridized carbons (Fsp3) is 0.333. The molecule has 0 saturated heterocycles. The lowest BCUT2D eigenvalue weighted by Crippen LogP contribution is -2.24. The fourth-order valence-corrected chi connectivity index (χ4v) is 3.18. The molecule has 0 aliphatic carbocycles. The Morgan fingerprint density at radius 3 is 2.88 bits per heavy atom. The number of carbonyl (C=O) groups is 1. The Labute approximate surface area is 139 Å². The molecule has 9 heteroatoms. The van der Waals surface area contributed by atoms with Crippen LogP contribution in [0.25, 0.3) is 10.6 Å². The summed E-state index contributed by atoms with van der Waals surface area (Å²) < 4.78 is 44.5. The van der Waals surface area contributed by atoms with Crippen molar-refractivity contribution in [1.82, 2.24) is 15.1 Å². The lowest BCUT2D eigenvalue weighted by Gasteiger charge is -2.04. The van der Waals surface area contributed by atoms with Crippen molar-refractivity contribution in [2.24, 2.45) is 7.05 Å². The van der Waals surface area contributed by atoms with Crippen molar-refractivity contribution in [3.63, 3.8) is 0 Å². The molecule has 2 aromatic rings. The molecule has 0 fully saturated rings. The predicted molar refractivity (Wildman–Crippen MR) is 82.5 cm³/mol. The largest absolute Gasteiger partial charge is 0.496 e. The number of alkyl halides is 3.